The zero-order chi connectivity index (χ0) is 13.9. The minimum Gasteiger partial charge on any atom is -0.496 e. The van der Waals surface area contributed by atoms with Crippen molar-refractivity contribution < 1.29 is 13.2 Å². The van der Waals surface area contributed by atoms with Crippen molar-refractivity contribution in [3.63, 3.8) is 0 Å². The molecule has 0 amide bonds. The second kappa shape index (κ2) is 6.11. The van der Waals surface area contributed by atoms with Crippen molar-refractivity contribution in [2.75, 3.05) is 25.2 Å². The Labute approximate surface area is 119 Å². The molecule has 1 heterocycles. The Kier molecular flexibility index (Phi) is 4.71. The number of halogens is 1. The van der Waals surface area contributed by atoms with Crippen LogP contribution in [0.15, 0.2) is 18.2 Å². The topological polar surface area (TPSA) is 55.4 Å². The van der Waals surface area contributed by atoms with Gasteiger partial charge in [0.1, 0.15) is 5.75 Å². The lowest BCUT2D eigenvalue weighted by Gasteiger charge is -2.13. The van der Waals surface area contributed by atoms with Crippen LogP contribution < -0.4 is 10.1 Å². The Balaban J connectivity index is 1.90. The molecule has 1 fully saturated rings. The summed E-state index contributed by atoms with van der Waals surface area (Å²) in [5.41, 5.74) is 0.910. The molecular formula is C13H18ClNO3S. The van der Waals surface area contributed by atoms with Crippen LogP contribution in [0, 0.1) is 5.92 Å². The minimum atomic E-state index is -2.80. The van der Waals surface area contributed by atoms with E-state index in [1.807, 2.05) is 18.2 Å². The number of sulfone groups is 1. The van der Waals surface area contributed by atoms with E-state index in [1.165, 1.54) is 0 Å². The number of ether oxygens (including phenoxy) is 1. The Morgan fingerprint density at radius 2 is 2.26 bits per heavy atom. The molecule has 0 radical (unpaired) electrons. The Bertz CT molecular complexity index is 545. The van der Waals surface area contributed by atoms with E-state index in [0.29, 0.717) is 29.6 Å². The van der Waals surface area contributed by atoms with Gasteiger partial charge < -0.3 is 10.1 Å². The molecule has 2 rings (SSSR count). The third-order valence-corrected chi connectivity index (χ3v) is 5.55. The van der Waals surface area contributed by atoms with Gasteiger partial charge in [0, 0.05) is 17.1 Å². The van der Waals surface area contributed by atoms with Crippen molar-refractivity contribution in [3.05, 3.63) is 28.8 Å². The highest BCUT2D eigenvalue weighted by Gasteiger charge is 2.27. The van der Waals surface area contributed by atoms with Crippen LogP contribution in [0.3, 0.4) is 0 Å². The quantitative estimate of drug-likeness (QED) is 0.902. The van der Waals surface area contributed by atoms with Crippen LogP contribution in [-0.2, 0) is 16.4 Å². The normalized spacial score (nSPS) is 21.5. The van der Waals surface area contributed by atoms with E-state index in [2.05, 4.69) is 5.32 Å². The zero-order valence-corrected chi connectivity index (χ0v) is 12.4. The molecule has 1 aromatic rings. The molecule has 6 heteroatoms. The molecule has 1 N–H and O–H groups in total. The van der Waals surface area contributed by atoms with E-state index in [1.54, 1.807) is 7.11 Å². The second-order valence-corrected chi connectivity index (χ2v) is 7.46. The van der Waals surface area contributed by atoms with Gasteiger partial charge in [-0.05, 0) is 31.0 Å². The number of benzene rings is 1. The molecule has 0 aliphatic carbocycles. The molecule has 0 spiro atoms. The van der Waals surface area contributed by atoms with Gasteiger partial charge in [-0.2, -0.15) is 0 Å². The maximum atomic E-state index is 11.4. The molecule has 1 aromatic carbocycles. The number of nitrogens with one attached hydrogen (secondary N) is 1. The van der Waals surface area contributed by atoms with E-state index >= 15 is 0 Å². The highest BCUT2D eigenvalue weighted by Crippen LogP contribution is 2.26. The molecule has 4 nitrogen and oxygen atoms in total. The van der Waals surface area contributed by atoms with Crippen molar-refractivity contribution >= 4 is 21.4 Å². The predicted molar refractivity (Wildman–Crippen MR) is 76.5 cm³/mol. The largest absolute Gasteiger partial charge is 0.496 e. The predicted octanol–water partition coefficient (Wildman–Crippen LogP) is 1.87. The zero-order valence-electron chi connectivity index (χ0n) is 10.9. The van der Waals surface area contributed by atoms with Gasteiger partial charge in [0.05, 0.1) is 18.6 Å². The number of hydrogen-bond donors (Lipinski definition) is 1. The van der Waals surface area contributed by atoms with E-state index in [0.717, 1.165) is 17.7 Å². The summed E-state index contributed by atoms with van der Waals surface area (Å²) in [7, 11) is -1.19. The second-order valence-electron chi connectivity index (χ2n) is 4.82. The lowest BCUT2D eigenvalue weighted by molar-refractivity contribution is 0.406. The molecule has 1 atom stereocenters. The Hall–Kier alpha value is -0.780. The summed E-state index contributed by atoms with van der Waals surface area (Å²) < 4.78 is 28.0. The fourth-order valence-electron chi connectivity index (χ4n) is 2.34. The lowest BCUT2D eigenvalue weighted by Crippen LogP contribution is -2.23. The summed E-state index contributed by atoms with van der Waals surface area (Å²) >= 11 is 6.13. The monoisotopic (exact) mass is 303 g/mol. The van der Waals surface area contributed by atoms with Crippen molar-refractivity contribution in [2.45, 2.75) is 13.0 Å². The van der Waals surface area contributed by atoms with E-state index in [-0.39, 0.29) is 5.92 Å². The maximum Gasteiger partial charge on any atom is 0.150 e. The molecular weight excluding hydrogens is 286 g/mol. The summed E-state index contributed by atoms with van der Waals surface area (Å²) in [4.78, 5) is 0. The molecule has 0 bridgehead atoms. The smallest absolute Gasteiger partial charge is 0.150 e. The Morgan fingerprint density at radius 3 is 2.89 bits per heavy atom. The summed E-state index contributed by atoms with van der Waals surface area (Å²) in [6, 6.07) is 5.53. The van der Waals surface area contributed by atoms with Crippen LogP contribution >= 0.6 is 11.6 Å². The van der Waals surface area contributed by atoms with Crippen LogP contribution in [0.2, 0.25) is 5.02 Å². The molecule has 1 saturated heterocycles. The Morgan fingerprint density at radius 1 is 1.47 bits per heavy atom. The summed E-state index contributed by atoms with van der Waals surface area (Å²) in [5.74, 6) is 1.56. The van der Waals surface area contributed by atoms with Crippen LogP contribution in [0.4, 0.5) is 0 Å². The number of hydrogen-bond acceptors (Lipinski definition) is 4. The molecule has 19 heavy (non-hydrogen) atoms. The van der Waals surface area contributed by atoms with Crippen LogP contribution in [0.25, 0.3) is 0 Å². The molecule has 0 saturated carbocycles. The minimum absolute atomic E-state index is 0.207. The third kappa shape index (κ3) is 3.84. The van der Waals surface area contributed by atoms with Crippen molar-refractivity contribution in [3.8, 4) is 5.75 Å². The SMILES string of the molecule is COc1cccc(Cl)c1CNCC1CCS(=O)(=O)C1. The van der Waals surface area contributed by atoms with Crippen molar-refractivity contribution in [1.82, 2.24) is 5.32 Å². The van der Waals surface area contributed by atoms with Crippen molar-refractivity contribution in [1.29, 1.82) is 0 Å². The van der Waals surface area contributed by atoms with E-state index < -0.39 is 9.84 Å². The van der Waals surface area contributed by atoms with E-state index in [9.17, 15) is 8.42 Å². The number of methoxy groups -OCH3 is 1. The first-order valence-electron chi connectivity index (χ1n) is 6.24. The third-order valence-electron chi connectivity index (χ3n) is 3.36. The van der Waals surface area contributed by atoms with Gasteiger partial charge in [0.25, 0.3) is 0 Å². The first-order chi connectivity index (χ1) is 9.02. The first kappa shape index (κ1) is 14.6. The highest BCUT2D eigenvalue weighted by molar-refractivity contribution is 7.91. The van der Waals surface area contributed by atoms with Crippen LogP contribution in [0.1, 0.15) is 12.0 Å². The molecule has 1 aliphatic rings. The van der Waals surface area contributed by atoms with Gasteiger partial charge >= 0.3 is 0 Å². The van der Waals surface area contributed by atoms with E-state index in [4.69, 9.17) is 16.3 Å². The van der Waals surface area contributed by atoms with Crippen molar-refractivity contribution in [2.24, 2.45) is 5.92 Å². The summed E-state index contributed by atoms with van der Waals surface area (Å²) in [6.07, 6.45) is 0.745. The first-order valence-corrected chi connectivity index (χ1v) is 8.44. The number of rotatable bonds is 5. The molecule has 106 valence electrons. The van der Waals surface area contributed by atoms with Gasteiger partial charge in [-0.15, -0.1) is 0 Å². The maximum absolute atomic E-state index is 11.4. The summed E-state index contributed by atoms with van der Waals surface area (Å²) in [6.45, 7) is 1.27. The van der Waals surface area contributed by atoms with Crippen LogP contribution in [-0.4, -0.2) is 33.6 Å². The van der Waals surface area contributed by atoms with Gasteiger partial charge in [-0.25, -0.2) is 8.42 Å². The molecule has 1 aliphatic heterocycles. The lowest BCUT2D eigenvalue weighted by atomic mass is 10.1. The van der Waals surface area contributed by atoms with Gasteiger partial charge in [0.2, 0.25) is 0 Å². The van der Waals surface area contributed by atoms with Gasteiger partial charge in [-0.1, -0.05) is 17.7 Å². The summed E-state index contributed by atoms with van der Waals surface area (Å²) in [5, 5.41) is 3.93. The fraction of sp³-hybridized carbons (Fsp3) is 0.538. The average Bonchev–Trinajstić information content (AvgIpc) is 2.71. The van der Waals surface area contributed by atoms with Gasteiger partial charge in [-0.3, -0.25) is 0 Å². The van der Waals surface area contributed by atoms with Gasteiger partial charge in [0.15, 0.2) is 9.84 Å². The highest BCUT2D eigenvalue weighted by atomic mass is 35.5. The molecule has 1 unspecified atom stereocenters. The molecule has 0 aromatic heterocycles. The average molecular weight is 304 g/mol. The fourth-order valence-corrected chi connectivity index (χ4v) is 4.43. The standard InChI is InChI=1S/C13H18ClNO3S/c1-18-13-4-2-3-12(14)11(13)8-15-7-10-5-6-19(16,17)9-10/h2-4,10,15H,5-9H2,1H3. The van der Waals surface area contributed by atoms with Crippen LogP contribution in [0.5, 0.6) is 5.75 Å².